The molecule has 1 aliphatic rings. The normalized spacial score (nSPS) is 15.8. The van der Waals surface area contributed by atoms with Crippen LogP contribution >= 0.6 is 0 Å². The van der Waals surface area contributed by atoms with Crippen LogP contribution in [0.5, 0.6) is 0 Å². The third-order valence-electron chi connectivity index (χ3n) is 5.82. The fourth-order valence-corrected chi connectivity index (χ4v) is 3.65. The van der Waals surface area contributed by atoms with Gasteiger partial charge >= 0.3 is 0 Å². The lowest BCUT2D eigenvalue weighted by Gasteiger charge is -2.37. The van der Waals surface area contributed by atoms with Crippen molar-refractivity contribution in [3.63, 3.8) is 0 Å². The van der Waals surface area contributed by atoms with E-state index < -0.39 is 0 Å². The Kier molecular flexibility index (Phi) is 5.46. The van der Waals surface area contributed by atoms with Crippen LogP contribution in [0, 0.1) is 32.1 Å². The smallest absolute Gasteiger partial charge is 0.244 e. The van der Waals surface area contributed by atoms with Crippen LogP contribution in [0.1, 0.15) is 41.2 Å². The van der Waals surface area contributed by atoms with Crippen LogP contribution in [0.3, 0.4) is 0 Å². The van der Waals surface area contributed by atoms with Crippen molar-refractivity contribution in [3.05, 3.63) is 52.5 Å². The largest absolute Gasteiger partial charge is 0.351 e. The number of hydrogen-bond acceptors (Lipinski definition) is 8. The molecule has 1 aromatic carbocycles. The molecule has 1 fully saturated rings. The van der Waals surface area contributed by atoms with Gasteiger partial charge in [-0.2, -0.15) is 15.3 Å². The van der Waals surface area contributed by atoms with Crippen molar-refractivity contribution in [2.45, 2.75) is 33.7 Å². The molecule has 30 heavy (non-hydrogen) atoms. The zero-order chi connectivity index (χ0) is 21.3. The second kappa shape index (κ2) is 8.20. The highest BCUT2D eigenvalue weighted by Crippen LogP contribution is 2.26. The topological polar surface area (TPSA) is 95.0 Å². The standard InChI is InChI=1S/C22H25N7O/c1-14-5-7-18(8-6-14)20-24-22(30-27-20)17(4)28-9-11-29(12-10-28)21-19(13-23)15(2)16(3)25-26-21/h5-8,17H,9-12H2,1-4H3/t17-/m1/s1. The molecule has 0 spiro atoms. The Bertz CT molecular complexity index is 1080. The molecule has 3 aromatic rings. The van der Waals surface area contributed by atoms with Gasteiger partial charge in [-0.1, -0.05) is 35.0 Å². The number of nitriles is 1. The van der Waals surface area contributed by atoms with E-state index in [1.807, 2.05) is 38.1 Å². The average molecular weight is 403 g/mol. The summed E-state index contributed by atoms with van der Waals surface area (Å²) in [5, 5.41) is 22.2. The second-order valence-electron chi connectivity index (χ2n) is 7.74. The van der Waals surface area contributed by atoms with Crippen LogP contribution in [0.4, 0.5) is 5.82 Å². The first-order valence-electron chi connectivity index (χ1n) is 10.1. The van der Waals surface area contributed by atoms with Crippen LogP contribution in [0.25, 0.3) is 11.4 Å². The maximum atomic E-state index is 9.57. The minimum atomic E-state index is 0.0140. The highest BCUT2D eigenvalue weighted by molar-refractivity contribution is 5.58. The Balaban J connectivity index is 1.44. The van der Waals surface area contributed by atoms with Gasteiger partial charge in [0.2, 0.25) is 11.7 Å². The van der Waals surface area contributed by atoms with Crippen molar-refractivity contribution in [2.24, 2.45) is 0 Å². The summed E-state index contributed by atoms with van der Waals surface area (Å²) in [7, 11) is 0. The molecular weight excluding hydrogens is 378 g/mol. The summed E-state index contributed by atoms with van der Waals surface area (Å²) in [4.78, 5) is 9.05. The molecule has 0 saturated carbocycles. The maximum absolute atomic E-state index is 9.57. The molecule has 8 heteroatoms. The van der Waals surface area contributed by atoms with Crippen molar-refractivity contribution in [2.75, 3.05) is 31.1 Å². The summed E-state index contributed by atoms with van der Waals surface area (Å²) in [6.07, 6.45) is 0. The van der Waals surface area contributed by atoms with Crippen LogP contribution in [0.2, 0.25) is 0 Å². The fraction of sp³-hybridized carbons (Fsp3) is 0.409. The van der Waals surface area contributed by atoms with Crippen LogP contribution in [-0.2, 0) is 0 Å². The van der Waals surface area contributed by atoms with Crippen molar-refractivity contribution < 1.29 is 4.52 Å². The van der Waals surface area contributed by atoms with E-state index in [0.29, 0.717) is 23.1 Å². The zero-order valence-corrected chi connectivity index (χ0v) is 17.8. The minimum absolute atomic E-state index is 0.0140. The Morgan fingerprint density at radius 2 is 1.73 bits per heavy atom. The van der Waals surface area contributed by atoms with E-state index in [-0.39, 0.29) is 6.04 Å². The van der Waals surface area contributed by atoms with Gasteiger partial charge in [0.1, 0.15) is 11.6 Å². The highest BCUT2D eigenvalue weighted by Gasteiger charge is 2.28. The predicted octanol–water partition coefficient (Wildman–Crippen LogP) is 3.21. The van der Waals surface area contributed by atoms with Crippen molar-refractivity contribution >= 4 is 5.82 Å². The van der Waals surface area contributed by atoms with E-state index in [0.717, 1.165) is 43.0 Å². The van der Waals surface area contributed by atoms with E-state index in [2.05, 4.69) is 50.1 Å². The van der Waals surface area contributed by atoms with Crippen LogP contribution in [-0.4, -0.2) is 51.4 Å². The molecule has 0 N–H and O–H groups in total. The SMILES string of the molecule is Cc1ccc(-c2noc([C@@H](C)N3CCN(c4nnc(C)c(C)c4C#N)CC3)n2)cc1. The van der Waals surface area contributed by atoms with Gasteiger partial charge < -0.3 is 9.42 Å². The third-order valence-corrected chi connectivity index (χ3v) is 5.82. The van der Waals surface area contributed by atoms with Gasteiger partial charge in [-0.3, -0.25) is 4.90 Å². The first-order chi connectivity index (χ1) is 14.5. The Hall–Kier alpha value is -3.31. The number of aromatic nitrogens is 4. The molecule has 154 valence electrons. The molecule has 0 radical (unpaired) electrons. The first kappa shape index (κ1) is 20.0. The number of anilines is 1. The molecule has 0 aliphatic carbocycles. The molecule has 4 rings (SSSR count). The lowest BCUT2D eigenvalue weighted by Crippen LogP contribution is -2.47. The number of aryl methyl sites for hydroxylation is 2. The van der Waals surface area contributed by atoms with Gasteiger partial charge in [-0.15, -0.1) is 5.10 Å². The number of piperazine rings is 1. The first-order valence-corrected chi connectivity index (χ1v) is 10.1. The molecule has 3 heterocycles. The third kappa shape index (κ3) is 3.76. The zero-order valence-electron chi connectivity index (χ0n) is 17.8. The van der Waals surface area contributed by atoms with Crippen LogP contribution in [0.15, 0.2) is 28.8 Å². The van der Waals surface area contributed by atoms with Gasteiger partial charge in [-0.05, 0) is 33.3 Å². The molecule has 1 atom stereocenters. The summed E-state index contributed by atoms with van der Waals surface area (Å²) < 4.78 is 5.56. The summed E-state index contributed by atoms with van der Waals surface area (Å²) in [5.74, 6) is 1.90. The average Bonchev–Trinajstić information content (AvgIpc) is 3.26. The number of rotatable bonds is 4. The van der Waals surface area contributed by atoms with Crippen LogP contribution < -0.4 is 4.90 Å². The monoisotopic (exact) mass is 403 g/mol. The van der Waals surface area contributed by atoms with E-state index >= 15 is 0 Å². The maximum Gasteiger partial charge on any atom is 0.244 e. The van der Waals surface area contributed by atoms with Crippen molar-refractivity contribution in [1.29, 1.82) is 5.26 Å². The summed E-state index contributed by atoms with van der Waals surface area (Å²) >= 11 is 0. The molecule has 0 unspecified atom stereocenters. The summed E-state index contributed by atoms with van der Waals surface area (Å²) in [6, 6.07) is 10.4. The Labute approximate surface area is 176 Å². The molecule has 1 aliphatic heterocycles. The molecule has 0 bridgehead atoms. The fourth-order valence-electron chi connectivity index (χ4n) is 3.65. The lowest BCUT2D eigenvalue weighted by atomic mass is 10.1. The van der Waals surface area contributed by atoms with E-state index in [4.69, 9.17) is 4.52 Å². The number of benzene rings is 1. The van der Waals surface area contributed by atoms with Gasteiger partial charge in [0.15, 0.2) is 5.82 Å². The minimum Gasteiger partial charge on any atom is -0.351 e. The summed E-state index contributed by atoms with van der Waals surface area (Å²) in [5.41, 5.74) is 4.45. The lowest BCUT2D eigenvalue weighted by molar-refractivity contribution is 0.164. The summed E-state index contributed by atoms with van der Waals surface area (Å²) in [6.45, 7) is 11.1. The molecule has 2 aromatic heterocycles. The molecular formula is C22H25N7O. The molecule has 0 amide bonds. The highest BCUT2D eigenvalue weighted by atomic mass is 16.5. The Morgan fingerprint density at radius 1 is 1.03 bits per heavy atom. The van der Waals surface area contributed by atoms with E-state index in [1.165, 1.54) is 5.56 Å². The van der Waals surface area contributed by atoms with Gasteiger partial charge in [0, 0.05) is 31.7 Å². The molecule has 1 saturated heterocycles. The molecule has 8 nitrogen and oxygen atoms in total. The quantitative estimate of drug-likeness (QED) is 0.655. The number of nitrogens with zero attached hydrogens (tertiary/aromatic N) is 7. The van der Waals surface area contributed by atoms with Gasteiger partial charge in [0.05, 0.1) is 11.7 Å². The second-order valence-corrected chi connectivity index (χ2v) is 7.74. The van der Waals surface area contributed by atoms with Crippen molar-refractivity contribution in [1.82, 2.24) is 25.2 Å². The number of hydrogen-bond donors (Lipinski definition) is 0. The van der Waals surface area contributed by atoms with Gasteiger partial charge in [0.25, 0.3) is 0 Å². The Morgan fingerprint density at radius 3 is 2.40 bits per heavy atom. The van der Waals surface area contributed by atoms with E-state index in [1.54, 1.807) is 0 Å². The van der Waals surface area contributed by atoms with Gasteiger partial charge in [-0.25, -0.2) is 0 Å². The van der Waals surface area contributed by atoms with Crippen molar-refractivity contribution in [3.8, 4) is 17.5 Å². The van der Waals surface area contributed by atoms with E-state index in [9.17, 15) is 5.26 Å². The predicted molar refractivity (Wildman–Crippen MR) is 113 cm³/mol.